The number of carbonyl (C=O) groups excluding carboxylic acids is 1. The van der Waals surface area contributed by atoms with Crippen LogP contribution in [0.25, 0.3) is 0 Å². The van der Waals surface area contributed by atoms with Crippen molar-refractivity contribution in [3.8, 4) is 0 Å². The van der Waals surface area contributed by atoms with Crippen LogP contribution in [0.15, 0.2) is 0 Å². The molecule has 0 aromatic heterocycles. The summed E-state index contributed by atoms with van der Waals surface area (Å²) in [5.41, 5.74) is 0. The number of rotatable bonds is 7. The van der Waals surface area contributed by atoms with Gasteiger partial charge in [0.05, 0.1) is 7.11 Å². The van der Waals surface area contributed by atoms with E-state index in [0.717, 1.165) is 0 Å². The Morgan fingerprint density at radius 2 is 1.65 bits per heavy atom. The molecule has 0 unspecified atom stereocenters. The monoisotopic (exact) mass is 305 g/mol. The second-order valence-electron chi connectivity index (χ2n) is 7.32. The standard InChI is InChI=1S/C15H32NO3P/c1-11(2)9-13(14(17)19-8)16-20(18,10-12(3)4)15(5,6)7/h11-13H,9-10H2,1-8H3,(H,16,18)/t13-,20-/m1/s1. The van der Waals surface area contributed by atoms with Crippen LogP contribution >= 0.6 is 7.29 Å². The Morgan fingerprint density at radius 3 is 1.95 bits per heavy atom. The molecule has 0 saturated heterocycles. The van der Waals surface area contributed by atoms with Crippen LogP contribution in [-0.4, -0.2) is 30.4 Å². The highest BCUT2D eigenvalue weighted by atomic mass is 31.2. The number of hydrogen-bond donors (Lipinski definition) is 1. The van der Waals surface area contributed by atoms with Gasteiger partial charge in [0.15, 0.2) is 7.29 Å². The maximum absolute atomic E-state index is 13.3. The predicted molar refractivity (Wildman–Crippen MR) is 85.5 cm³/mol. The summed E-state index contributed by atoms with van der Waals surface area (Å²) in [6, 6.07) is -0.496. The van der Waals surface area contributed by atoms with Crippen molar-refractivity contribution in [2.24, 2.45) is 11.8 Å². The number of carbonyl (C=O) groups is 1. The van der Waals surface area contributed by atoms with E-state index in [9.17, 15) is 9.36 Å². The second-order valence-corrected chi connectivity index (χ2v) is 10.8. The van der Waals surface area contributed by atoms with Crippen molar-refractivity contribution in [1.29, 1.82) is 0 Å². The molecular weight excluding hydrogens is 273 g/mol. The maximum atomic E-state index is 13.3. The maximum Gasteiger partial charge on any atom is 0.323 e. The third-order valence-electron chi connectivity index (χ3n) is 3.26. The van der Waals surface area contributed by atoms with Crippen LogP contribution in [-0.2, 0) is 14.1 Å². The van der Waals surface area contributed by atoms with Gasteiger partial charge in [0.25, 0.3) is 0 Å². The SMILES string of the molecule is COC(=O)[C@@H](CC(C)C)N[P@@](=O)(CC(C)C)C(C)(C)C. The average molecular weight is 305 g/mol. The minimum absolute atomic E-state index is 0.310. The van der Waals surface area contributed by atoms with Gasteiger partial charge in [0, 0.05) is 11.3 Å². The lowest BCUT2D eigenvalue weighted by atomic mass is 10.1. The Balaban J connectivity index is 5.28. The molecule has 120 valence electrons. The lowest BCUT2D eigenvalue weighted by Crippen LogP contribution is -2.41. The van der Waals surface area contributed by atoms with Crippen molar-refractivity contribution in [2.75, 3.05) is 13.3 Å². The van der Waals surface area contributed by atoms with Crippen molar-refractivity contribution in [2.45, 2.75) is 66.1 Å². The van der Waals surface area contributed by atoms with E-state index in [2.05, 4.69) is 18.9 Å². The van der Waals surface area contributed by atoms with Crippen LogP contribution in [0.4, 0.5) is 0 Å². The van der Waals surface area contributed by atoms with Gasteiger partial charge in [-0.25, -0.2) is 0 Å². The number of hydrogen-bond acceptors (Lipinski definition) is 3. The van der Waals surface area contributed by atoms with E-state index in [-0.39, 0.29) is 11.1 Å². The normalized spacial score (nSPS) is 17.1. The molecule has 0 aliphatic carbocycles. The van der Waals surface area contributed by atoms with Crippen molar-refractivity contribution in [3.05, 3.63) is 0 Å². The summed E-state index contributed by atoms with van der Waals surface area (Å²) in [6.07, 6.45) is 1.22. The first-order valence-electron chi connectivity index (χ1n) is 7.37. The number of nitrogens with one attached hydrogen (secondary N) is 1. The van der Waals surface area contributed by atoms with Crippen LogP contribution in [0.2, 0.25) is 0 Å². The molecule has 0 aliphatic rings. The number of ether oxygens (including phenoxy) is 1. The fraction of sp³-hybridized carbons (Fsp3) is 0.933. The summed E-state index contributed by atoms with van der Waals surface area (Å²) in [5, 5.41) is 2.79. The first-order valence-corrected chi connectivity index (χ1v) is 9.27. The smallest absolute Gasteiger partial charge is 0.323 e. The Bertz CT molecular complexity index is 359. The molecule has 5 heteroatoms. The fourth-order valence-corrected chi connectivity index (χ4v) is 4.88. The first kappa shape index (κ1) is 19.7. The van der Waals surface area contributed by atoms with Gasteiger partial charge in [-0.1, -0.05) is 48.5 Å². The van der Waals surface area contributed by atoms with E-state index in [1.165, 1.54) is 7.11 Å². The third kappa shape index (κ3) is 5.97. The van der Waals surface area contributed by atoms with Gasteiger partial charge in [-0.15, -0.1) is 0 Å². The highest BCUT2D eigenvalue weighted by Gasteiger charge is 2.40. The molecule has 0 heterocycles. The van der Waals surface area contributed by atoms with Gasteiger partial charge in [-0.2, -0.15) is 0 Å². The van der Waals surface area contributed by atoms with Gasteiger partial charge in [-0.05, 0) is 18.3 Å². The van der Waals surface area contributed by atoms with E-state index in [1.54, 1.807) is 0 Å². The van der Waals surface area contributed by atoms with Crippen LogP contribution < -0.4 is 5.09 Å². The van der Waals surface area contributed by atoms with E-state index < -0.39 is 13.3 Å². The lowest BCUT2D eigenvalue weighted by Gasteiger charge is -2.36. The Hall–Kier alpha value is -0.340. The predicted octanol–water partition coefficient (Wildman–Crippen LogP) is 3.90. The summed E-state index contributed by atoms with van der Waals surface area (Å²) in [5.74, 6) is 0.316. The van der Waals surface area contributed by atoms with E-state index in [0.29, 0.717) is 24.4 Å². The summed E-state index contributed by atoms with van der Waals surface area (Å²) >= 11 is 0. The largest absolute Gasteiger partial charge is 0.468 e. The van der Waals surface area contributed by atoms with Crippen LogP contribution in [0.5, 0.6) is 0 Å². The second kappa shape index (κ2) is 7.61. The first-order chi connectivity index (χ1) is 8.93. The Morgan fingerprint density at radius 1 is 1.15 bits per heavy atom. The van der Waals surface area contributed by atoms with Crippen molar-refractivity contribution < 1.29 is 14.1 Å². The highest BCUT2D eigenvalue weighted by molar-refractivity contribution is 7.63. The Kier molecular flexibility index (Phi) is 7.48. The number of methoxy groups -OCH3 is 1. The average Bonchev–Trinajstić information content (AvgIpc) is 2.23. The zero-order chi connectivity index (χ0) is 16.1. The highest BCUT2D eigenvalue weighted by Crippen LogP contribution is 2.55. The topological polar surface area (TPSA) is 55.4 Å². The lowest BCUT2D eigenvalue weighted by molar-refractivity contribution is -0.143. The van der Waals surface area contributed by atoms with Gasteiger partial charge in [-0.3, -0.25) is 9.88 Å². The molecule has 0 bridgehead atoms. The van der Waals surface area contributed by atoms with Crippen molar-refractivity contribution in [3.63, 3.8) is 0 Å². The molecule has 0 radical (unpaired) electrons. The molecule has 0 amide bonds. The molecule has 0 spiro atoms. The van der Waals surface area contributed by atoms with Crippen molar-refractivity contribution >= 4 is 13.3 Å². The summed E-state index contributed by atoms with van der Waals surface area (Å²) in [6.45, 7) is 14.1. The van der Waals surface area contributed by atoms with Crippen LogP contribution in [0, 0.1) is 11.8 Å². The number of esters is 1. The van der Waals surface area contributed by atoms with Crippen LogP contribution in [0.1, 0.15) is 54.9 Å². The van der Waals surface area contributed by atoms with E-state index in [4.69, 9.17) is 4.74 Å². The summed E-state index contributed by atoms with van der Waals surface area (Å²) in [7, 11) is -1.31. The Labute approximate surface area is 124 Å². The van der Waals surface area contributed by atoms with E-state index >= 15 is 0 Å². The molecule has 2 atom stereocenters. The minimum atomic E-state index is -2.69. The molecule has 0 saturated carbocycles. The molecule has 0 fully saturated rings. The van der Waals surface area contributed by atoms with Crippen molar-refractivity contribution in [1.82, 2.24) is 5.09 Å². The third-order valence-corrected chi connectivity index (χ3v) is 7.40. The van der Waals surface area contributed by atoms with Gasteiger partial charge >= 0.3 is 5.97 Å². The van der Waals surface area contributed by atoms with Gasteiger partial charge < -0.3 is 9.30 Å². The van der Waals surface area contributed by atoms with E-state index in [1.807, 2.05) is 34.6 Å². The molecular formula is C15H32NO3P. The molecule has 0 aliphatic heterocycles. The quantitative estimate of drug-likeness (QED) is 0.572. The zero-order valence-electron chi connectivity index (χ0n) is 14.3. The fourth-order valence-electron chi connectivity index (χ4n) is 2.10. The molecule has 0 rings (SSSR count). The van der Waals surface area contributed by atoms with Crippen LogP contribution in [0.3, 0.4) is 0 Å². The molecule has 0 aromatic carbocycles. The molecule has 1 N–H and O–H groups in total. The molecule has 0 aromatic rings. The summed E-state index contributed by atoms with van der Waals surface area (Å²) in [4.78, 5) is 11.9. The molecule has 4 nitrogen and oxygen atoms in total. The summed E-state index contributed by atoms with van der Waals surface area (Å²) < 4.78 is 18.2. The zero-order valence-corrected chi connectivity index (χ0v) is 15.2. The van der Waals surface area contributed by atoms with Gasteiger partial charge in [0.2, 0.25) is 0 Å². The minimum Gasteiger partial charge on any atom is -0.468 e. The van der Waals surface area contributed by atoms with Gasteiger partial charge in [0.1, 0.15) is 6.04 Å². The molecule has 20 heavy (non-hydrogen) atoms.